The zero-order valence-electron chi connectivity index (χ0n) is 12.3. The smallest absolute Gasteiger partial charge is 0.387 e. The number of hydrogen-bond donors (Lipinski definition) is 2. The van der Waals surface area contributed by atoms with Gasteiger partial charge in [-0.2, -0.15) is 13.2 Å². The van der Waals surface area contributed by atoms with E-state index in [1.807, 2.05) is 18.9 Å². The van der Waals surface area contributed by atoms with Crippen molar-refractivity contribution >= 4 is 11.6 Å². The van der Waals surface area contributed by atoms with Gasteiger partial charge in [-0.3, -0.25) is 4.79 Å². The Labute approximate surface area is 122 Å². The minimum Gasteiger partial charge on any atom is -0.387 e. The maximum atomic E-state index is 12.9. The Morgan fingerprint density at radius 2 is 2.00 bits per heavy atom. The number of benzene rings is 1. The molecule has 0 saturated carbocycles. The average molecular weight is 303 g/mol. The molecule has 1 amide bonds. The molecule has 0 radical (unpaired) electrons. The van der Waals surface area contributed by atoms with Gasteiger partial charge in [0.2, 0.25) is 0 Å². The average Bonchev–Trinajstić information content (AvgIpc) is 2.44. The Hall–Kier alpha value is -1.76. The van der Waals surface area contributed by atoms with Crippen molar-refractivity contribution in [3.05, 3.63) is 29.3 Å². The molecular weight excluding hydrogens is 283 g/mol. The molecule has 1 aromatic carbocycles. The first-order valence-electron chi connectivity index (χ1n) is 6.66. The monoisotopic (exact) mass is 303 g/mol. The van der Waals surface area contributed by atoms with Crippen LogP contribution in [-0.4, -0.2) is 44.5 Å². The Balaban J connectivity index is 2.90. The fraction of sp³-hybridized carbons (Fsp3) is 0.500. The lowest BCUT2D eigenvalue weighted by molar-refractivity contribution is -0.136. The Bertz CT molecular complexity index is 489. The van der Waals surface area contributed by atoms with E-state index in [9.17, 15) is 18.0 Å². The van der Waals surface area contributed by atoms with Crippen molar-refractivity contribution in [2.75, 3.05) is 39.0 Å². The minimum absolute atomic E-state index is 0.00789. The van der Waals surface area contributed by atoms with Crippen LogP contribution in [0.25, 0.3) is 0 Å². The van der Waals surface area contributed by atoms with Crippen LogP contribution in [0.4, 0.5) is 18.9 Å². The highest BCUT2D eigenvalue weighted by Gasteiger charge is 2.34. The zero-order chi connectivity index (χ0) is 16.0. The van der Waals surface area contributed by atoms with Crippen LogP contribution < -0.4 is 10.6 Å². The molecule has 0 aliphatic carbocycles. The third-order valence-corrected chi connectivity index (χ3v) is 3.18. The maximum absolute atomic E-state index is 12.9. The highest BCUT2D eigenvalue weighted by atomic mass is 19.4. The highest BCUT2D eigenvalue weighted by molar-refractivity contribution is 6.00. The van der Waals surface area contributed by atoms with E-state index in [0.29, 0.717) is 13.1 Å². The van der Waals surface area contributed by atoms with E-state index in [1.165, 1.54) is 19.2 Å². The predicted molar refractivity (Wildman–Crippen MR) is 76.5 cm³/mol. The number of rotatable bonds is 6. The molecule has 0 saturated heterocycles. The molecule has 4 nitrogen and oxygen atoms in total. The first kappa shape index (κ1) is 17.3. The Morgan fingerprint density at radius 3 is 2.52 bits per heavy atom. The molecule has 0 bridgehead atoms. The summed E-state index contributed by atoms with van der Waals surface area (Å²) in [5.74, 6) is -0.519. The second-order valence-corrected chi connectivity index (χ2v) is 4.63. The molecular formula is C14H20F3N3O. The summed E-state index contributed by atoms with van der Waals surface area (Å²) < 4.78 is 38.7. The largest absolute Gasteiger partial charge is 0.418 e. The van der Waals surface area contributed by atoms with Crippen LogP contribution in [0.1, 0.15) is 22.8 Å². The number of likely N-dealkylation sites (N-methyl/N-ethyl adjacent to an activating group) is 1. The van der Waals surface area contributed by atoms with Crippen molar-refractivity contribution in [2.24, 2.45) is 0 Å². The molecule has 0 fully saturated rings. The third-order valence-electron chi connectivity index (χ3n) is 3.18. The summed E-state index contributed by atoms with van der Waals surface area (Å²) in [5, 5.41) is 5.10. The number of anilines is 1. The SMILES string of the molecule is CCN(C)CCNC(=O)c1cccc(C(F)(F)F)c1NC. The molecule has 0 aromatic heterocycles. The fourth-order valence-corrected chi connectivity index (χ4v) is 1.86. The molecule has 0 aliphatic heterocycles. The van der Waals surface area contributed by atoms with E-state index in [2.05, 4.69) is 10.6 Å². The van der Waals surface area contributed by atoms with Crippen LogP contribution >= 0.6 is 0 Å². The van der Waals surface area contributed by atoms with Gasteiger partial charge in [-0.25, -0.2) is 0 Å². The van der Waals surface area contributed by atoms with Gasteiger partial charge in [-0.05, 0) is 25.7 Å². The van der Waals surface area contributed by atoms with Gasteiger partial charge in [-0.15, -0.1) is 0 Å². The zero-order valence-corrected chi connectivity index (χ0v) is 12.3. The maximum Gasteiger partial charge on any atom is 0.418 e. The molecule has 1 aromatic rings. The lowest BCUT2D eigenvalue weighted by atomic mass is 10.1. The normalized spacial score (nSPS) is 11.6. The van der Waals surface area contributed by atoms with E-state index in [4.69, 9.17) is 0 Å². The lowest BCUT2D eigenvalue weighted by Gasteiger charge is -2.17. The van der Waals surface area contributed by atoms with Gasteiger partial charge in [0, 0.05) is 20.1 Å². The molecule has 21 heavy (non-hydrogen) atoms. The first-order valence-corrected chi connectivity index (χ1v) is 6.66. The molecule has 7 heteroatoms. The van der Waals surface area contributed by atoms with Crippen molar-refractivity contribution in [1.29, 1.82) is 0 Å². The van der Waals surface area contributed by atoms with Crippen molar-refractivity contribution in [3.8, 4) is 0 Å². The molecule has 2 N–H and O–H groups in total. The molecule has 0 aliphatic rings. The third kappa shape index (κ3) is 4.63. The second-order valence-electron chi connectivity index (χ2n) is 4.63. The van der Waals surface area contributed by atoms with Crippen molar-refractivity contribution in [2.45, 2.75) is 13.1 Å². The molecule has 0 atom stereocenters. The standard InChI is InChI=1S/C14H20F3N3O/c1-4-20(3)9-8-19-13(21)10-6-5-7-11(12(10)18-2)14(15,16)17/h5-7,18H,4,8-9H2,1-3H3,(H,19,21). The number of carbonyl (C=O) groups excluding carboxylic acids is 1. The number of nitrogens with one attached hydrogen (secondary N) is 2. The molecule has 0 heterocycles. The van der Waals surface area contributed by atoms with E-state index < -0.39 is 17.6 Å². The highest BCUT2D eigenvalue weighted by Crippen LogP contribution is 2.36. The number of alkyl halides is 3. The lowest BCUT2D eigenvalue weighted by Crippen LogP contribution is -2.33. The Kier molecular flexibility index (Phi) is 6.02. The molecule has 0 unspecified atom stereocenters. The number of amides is 1. The van der Waals surface area contributed by atoms with Crippen LogP contribution in [0.5, 0.6) is 0 Å². The number of halogens is 3. The summed E-state index contributed by atoms with van der Waals surface area (Å²) in [4.78, 5) is 14.0. The van der Waals surface area contributed by atoms with Crippen LogP contribution in [0.2, 0.25) is 0 Å². The summed E-state index contributed by atoms with van der Waals surface area (Å²) in [7, 11) is 3.27. The van der Waals surface area contributed by atoms with Crippen molar-refractivity contribution < 1.29 is 18.0 Å². The van der Waals surface area contributed by atoms with E-state index in [1.54, 1.807) is 0 Å². The summed E-state index contributed by atoms with van der Waals surface area (Å²) in [6.45, 7) is 3.83. The second kappa shape index (κ2) is 7.31. The van der Waals surface area contributed by atoms with Gasteiger partial charge in [-0.1, -0.05) is 13.0 Å². The number of para-hydroxylation sites is 1. The summed E-state index contributed by atoms with van der Waals surface area (Å²) in [6, 6.07) is 3.56. The van der Waals surface area contributed by atoms with Crippen LogP contribution in [0.3, 0.4) is 0 Å². The van der Waals surface area contributed by atoms with Crippen LogP contribution in [-0.2, 0) is 6.18 Å². The Morgan fingerprint density at radius 1 is 1.33 bits per heavy atom. The minimum atomic E-state index is -4.50. The van der Waals surface area contributed by atoms with Crippen LogP contribution in [0, 0.1) is 0 Å². The van der Waals surface area contributed by atoms with Gasteiger partial charge >= 0.3 is 6.18 Å². The first-order chi connectivity index (χ1) is 9.81. The molecule has 0 spiro atoms. The van der Waals surface area contributed by atoms with Crippen molar-refractivity contribution in [1.82, 2.24) is 10.2 Å². The fourth-order valence-electron chi connectivity index (χ4n) is 1.86. The van der Waals surface area contributed by atoms with Gasteiger partial charge in [0.05, 0.1) is 16.8 Å². The van der Waals surface area contributed by atoms with Gasteiger partial charge in [0.25, 0.3) is 5.91 Å². The quantitative estimate of drug-likeness (QED) is 0.848. The van der Waals surface area contributed by atoms with E-state index >= 15 is 0 Å². The number of carbonyl (C=O) groups is 1. The number of hydrogen-bond acceptors (Lipinski definition) is 3. The topological polar surface area (TPSA) is 44.4 Å². The van der Waals surface area contributed by atoms with Crippen molar-refractivity contribution in [3.63, 3.8) is 0 Å². The number of nitrogens with zero attached hydrogens (tertiary/aromatic N) is 1. The van der Waals surface area contributed by atoms with Crippen LogP contribution in [0.15, 0.2) is 18.2 Å². The van der Waals surface area contributed by atoms with E-state index in [0.717, 1.165) is 12.6 Å². The van der Waals surface area contributed by atoms with Gasteiger partial charge in [0.15, 0.2) is 0 Å². The van der Waals surface area contributed by atoms with Gasteiger partial charge in [0.1, 0.15) is 0 Å². The van der Waals surface area contributed by atoms with Gasteiger partial charge < -0.3 is 15.5 Å². The summed E-state index contributed by atoms with van der Waals surface area (Å²) >= 11 is 0. The summed E-state index contributed by atoms with van der Waals surface area (Å²) in [5.41, 5.74) is -1.05. The molecule has 118 valence electrons. The van der Waals surface area contributed by atoms with E-state index in [-0.39, 0.29) is 11.3 Å². The molecule has 1 rings (SSSR count). The predicted octanol–water partition coefficient (Wildman–Crippen LogP) is 2.43. The summed E-state index contributed by atoms with van der Waals surface area (Å²) in [6.07, 6.45) is -4.50.